The third-order valence-corrected chi connectivity index (χ3v) is 4.02. The highest BCUT2D eigenvalue weighted by Gasteiger charge is 2.25. The number of aryl methyl sites for hydroxylation is 1. The summed E-state index contributed by atoms with van der Waals surface area (Å²) in [5.74, 6) is -2.72. The van der Waals surface area contributed by atoms with E-state index in [0.717, 1.165) is 7.11 Å². The highest BCUT2D eigenvalue weighted by Crippen LogP contribution is 2.29. The lowest BCUT2D eigenvalue weighted by atomic mass is 10.2. The Morgan fingerprint density at radius 3 is 2.36 bits per heavy atom. The van der Waals surface area contributed by atoms with Crippen molar-refractivity contribution in [2.45, 2.75) is 39.2 Å². The number of esters is 2. The number of hydrogen-bond acceptors (Lipinski definition) is 9. The van der Waals surface area contributed by atoms with E-state index in [-0.39, 0.29) is 23.5 Å². The molecule has 0 aliphatic carbocycles. The van der Waals surface area contributed by atoms with E-state index in [2.05, 4.69) is 9.97 Å². The Kier molecular flexibility index (Phi) is 8.49. The number of benzene rings is 1. The second kappa shape index (κ2) is 11.1. The molecule has 1 heterocycles. The van der Waals surface area contributed by atoms with Crippen LogP contribution in [0.15, 0.2) is 42.6 Å². The molecule has 33 heavy (non-hydrogen) atoms. The number of carbonyl (C=O) groups is 3. The van der Waals surface area contributed by atoms with E-state index in [4.69, 9.17) is 14.2 Å². The van der Waals surface area contributed by atoms with Crippen LogP contribution in [-0.2, 0) is 15.9 Å². The Balaban J connectivity index is 2.13. The summed E-state index contributed by atoms with van der Waals surface area (Å²) in [6, 6.07) is 8.06. The summed E-state index contributed by atoms with van der Waals surface area (Å²) < 4.78 is 15.1. The first kappa shape index (κ1) is 25.3. The lowest BCUT2D eigenvalue weighted by molar-refractivity contribution is 0.0371. The van der Waals surface area contributed by atoms with Gasteiger partial charge >= 0.3 is 18.0 Å². The topological polar surface area (TPSA) is 128 Å². The van der Waals surface area contributed by atoms with Gasteiger partial charge in [-0.2, -0.15) is 4.98 Å². The van der Waals surface area contributed by atoms with Gasteiger partial charge in [-0.25, -0.2) is 19.4 Å². The van der Waals surface area contributed by atoms with Crippen LogP contribution in [-0.4, -0.2) is 57.8 Å². The number of allylic oxidation sites excluding steroid dienone is 1. The first-order valence-electron chi connectivity index (χ1n) is 10.1. The molecule has 1 aromatic carbocycles. The molecular weight excluding hydrogens is 430 g/mol. The van der Waals surface area contributed by atoms with E-state index in [0.29, 0.717) is 6.42 Å². The molecule has 0 atom stereocenters. The van der Waals surface area contributed by atoms with Crippen molar-refractivity contribution >= 4 is 18.0 Å². The zero-order valence-electron chi connectivity index (χ0n) is 19.2. The number of rotatable bonds is 7. The quantitative estimate of drug-likeness (QED) is 0.621. The standard InChI is InChI=1S/C23H27N3O7/c1-23(2,3)33-22(30)26(4)14-10-9-13-16-24-17(21(29)31-5)18(19(27)25-16)32-20(28)15-11-7-6-8-12-15/h6-8,10-12,14H,9,13H2,1-5H3,(H,24,25,27). The second-order valence-corrected chi connectivity index (χ2v) is 7.90. The summed E-state index contributed by atoms with van der Waals surface area (Å²) >= 11 is 0. The maximum Gasteiger partial charge on any atom is 0.414 e. The molecule has 1 amide bonds. The molecule has 0 unspecified atom stereocenters. The fraction of sp³-hybridized carbons (Fsp3) is 0.348. The van der Waals surface area contributed by atoms with E-state index < -0.39 is 35.3 Å². The van der Waals surface area contributed by atoms with Gasteiger partial charge < -0.3 is 19.3 Å². The molecule has 0 aliphatic rings. The van der Waals surface area contributed by atoms with Crippen LogP contribution in [0.5, 0.6) is 11.6 Å². The number of nitrogens with zero attached hydrogens (tertiary/aromatic N) is 3. The molecule has 0 saturated carbocycles. The summed E-state index contributed by atoms with van der Waals surface area (Å²) in [4.78, 5) is 45.8. The molecule has 0 radical (unpaired) electrons. The molecule has 1 N–H and O–H groups in total. The third kappa shape index (κ3) is 7.60. The van der Waals surface area contributed by atoms with Crippen LogP contribution in [0.1, 0.15) is 53.9 Å². The van der Waals surface area contributed by atoms with Gasteiger partial charge in [-0.1, -0.05) is 24.3 Å². The number of aromatic nitrogens is 2. The Bertz CT molecular complexity index is 1030. The normalized spacial score (nSPS) is 11.2. The van der Waals surface area contributed by atoms with Gasteiger partial charge in [-0.05, 0) is 39.3 Å². The van der Waals surface area contributed by atoms with E-state index in [1.54, 1.807) is 52.1 Å². The van der Waals surface area contributed by atoms with Gasteiger partial charge in [0.1, 0.15) is 11.4 Å². The van der Waals surface area contributed by atoms with Gasteiger partial charge in [0.2, 0.25) is 5.75 Å². The van der Waals surface area contributed by atoms with Crippen LogP contribution in [0.4, 0.5) is 4.79 Å². The van der Waals surface area contributed by atoms with E-state index in [1.807, 2.05) is 0 Å². The molecular formula is C23H27N3O7. The Labute approximate surface area is 191 Å². The highest BCUT2D eigenvalue weighted by atomic mass is 16.6. The molecule has 1 aromatic heterocycles. The van der Waals surface area contributed by atoms with Crippen LogP contribution in [0, 0.1) is 0 Å². The molecule has 176 valence electrons. The number of hydrogen-bond donors (Lipinski definition) is 1. The Morgan fingerprint density at radius 1 is 1.09 bits per heavy atom. The van der Waals surface area contributed by atoms with Crippen molar-refractivity contribution in [3.05, 3.63) is 59.7 Å². The lowest BCUT2D eigenvalue weighted by Gasteiger charge is -2.22. The summed E-state index contributed by atoms with van der Waals surface area (Å²) in [7, 11) is 2.69. The first-order valence-corrected chi connectivity index (χ1v) is 10.1. The van der Waals surface area contributed by atoms with Gasteiger partial charge in [0.15, 0.2) is 5.69 Å². The molecule has 10 nitrogen and oxygen atoms in total. The third-order valence-electron chi connectivity index (χ3n) is 4.02. The second-order valence-electron chi connectivity index (χ2n) is 7.90. The van der Waals surface area contributed by atoms with Crippen molar-refractivity contribution in [1.29, 1.82) is 0 Å². The average Bonchev–Trinajstić information content (AvgIpc) is 2.76. The average molecular weight is 457 g/mol. The molecule has 2 aromatic rings. The minimum absolute atomic E-state index is 0.122. The van der Waals surface area contributed by atoms with E-state index in [9.17, 15) is 19.5 Å². The van der Waals surface area contributed by atoms with Crippen LogP contribution >= 0.6 is 0 Å². The van der Waals surface area contributed by atoms with E-state index in [1.165, 1.54) is 23.2 Å². The SMILES string of the molecule is COC(=O)c1nc(CCC=CN(C)C(=O)OC(C)(C)C)nc(O)c1OC(=O)c1ccccc1. The zero-order valence-corrected chi connectivity index (χ0v) is 19.2. The van der Waals surface area contributed by atoms with Gasteiger partial charge in [0.25, 0.3) is 5.88 Å². The summed E-state index contributed by atoms with van der Waals surface area (Å²) in [6.07, 6.45) is 3.32. The van der Waals surface area contributed by atoms with Crippen LogP contribution in [0.3, 0.4) is 0 Å². The minimum atomic E-state index is -0.898. The maximum atomic E-state index is 12.3. The fourth-order valence-electron chi connectivity index (χ4n) is 2.49. The number of methoxy groups -OCH3 is 1. The van der Waals surface area contributed by atoms with Crippen LogP contribution in [0.25, 0.3) is 0 Å². The first-order chi connectivity index (χ1) is 15.5. The molecule has 10 heteroatoms. The van der Waals surface area contributed by atoms with Gasteiger partial charge in [0.05, 0.1) is 12.7 Å². The maximum absolute atomic E-state index is 12.3. The monoisotopic (exact) mass is 457 g/mol. The van der Waals surface area contributed by atoms with Gasteiger partial charge in [0, 0.05) is 19.7 Å². The highest BCUT2D eigenvalue weighted by molar-refractivity contribution is 5.95. The number of amides is 1. The van der Waals surface area contributed by atoms with E-state index >= 15 is 0 Å². The summed E-state index contributed by atoms with van der Waals surface area (Å²) in [6.45, 7) is 5.31. The predicted molar refractivity (Wildman–Crippen MR) is 118 cm³/mol. The summed E-state index contributed by atoms with van der Waals surface area (Å²) in [5, 5.41) is 10.3. The predicted octanol–water partition coefficient (Wildman–Crippen LogP) is 3.50. The Hall–Kier alpha value is -3.95. The molecule has 0 aliphatic heterocycles. The molecule has 2 rings (SSSR count). The zero-order chi connectivity index (χ0) is 24.6. The summed E-state index contributed by atoms with van der Waals surface area (Å²) in [5.41, 5.74) is -0.768. The van der Waals surface area contributed by atoms with Crippen molar-refractivity contribution in [2.75, 3.05) is 14.2 Å². The van der Waals surface area contributed by atoms with Gasteiger partial charge in [-0.15, -0.1) is 0 Å². The van der Waals surface area contributed by atoms with Crippen molar-refractivity contribution in [3.8, 4) is 11.6 Å². The van der Waals surface area contributed by atoms with Gasteiger partial charge in [-0.3, -0.25) is 4.90 Å². The largest absolute Gasteiger partial charge is 0.491 e. The minimum Gasteiger partial charge on any atom is -0.491 e. The van der Waals surface area contributed by atoms with Crippen LogP contribution in [0.2, 0.25) is 0 Å². The molecule has 0 bridgehead atoms. The lowest BCUT2D eigenvalue weighted by Crippen LogP contribution is -2.31. The van der Waals surface area contributed by atoms with Crippen molar-refractivity contribution in [3.63, 3.8) is 0 Å². The number of carbonyl (C=O) groups excluding carboxylic acids is 3. The molecule has 0 saturated heterocycles. The van der Waals surface area contributed by atoms with Crippen molar-refractivity contribution in [1.82, 2.24) is 14.9 Å². The molecule has 0 fully saturated rings. The smallest absolute Gasteiger partial charge is 0.414 e. The van der Waals surface area contributed by atoms with Crippen molar-refractivity contribution in [2.24, 2.45) is 0 Å². The number of ether oxygens (including phenoxy) is 3. The molecule has 0 spiro atoms. The van der Waals surface area contributed by atoms with Crippen LogP contribution < -0.4 is 4.74 Å². The number of aromatic hydroxyl groups is 1. The Morgan fingerprint density at radius 2 is 1.76 bits per heavy atom. The van der Waals surface area contributed by atoms with Crippen molar-refractivity contribution < 1.29 is 33.7 Å². The fourth-order valence-corrected chi connectivity index (χ4v) is 2.49.